The van der Waals surface area contributed by atoms with Crippen LogP contribution < -0.4 is 0 Å². The largest absolute Gasteiger partial charge is 0.469 e. The zero-order valence-corrected chi connectivity index (χ0v) is 16.8. The standard InChI is InChI=1S/C19H41O4P/c1-2-3-4-5-6-7-8-9-10-11-12-13-14-15-16-17-18-19-23-24(20,21)22/h2-19H2,1H3,(H2,20,21,22). The number of phosphoric acid groups is 1. The molecule has 0 atom stereocenters. The fraction of sp³-hybridized carbons (Fsp3) is 1.00. The summed E-state index contributed by atoms with van der Waals surface area (Å²) in [5, 5.41) is 0. The summed E-state index contributed by atoms with van der Waals surface area (Å²) in [6.45, 7) is 2.44. The summed E-state index contributed by atoms with van der Waals surface area (Å²) in [5.41, 5.74) is 0. The fourth-order valence-corrected chi connectivity index (χ4v) is 3.38. The molecule has 4 nitrogen and oxygen atoms in total. The summed E-state index contributed by atoms with van der Waals surface area (Å²) in [7, 11) is -4.26. The quantitative estimate of drug-likeness (QED) is 0.196. The lowest BCUT2D eigenvalue weighted by molar-refractivity contribution is 0.193. The number of rotatable bonds is 19. The second-order valence-electron chi connectivity index (χ2n) is 6.98. The van der Waals surface area contributed by atoms with E-state index in [-0.39, 0.29) is 6.61 Å². The first-order chi connectivity index (χ1) is 11.6. The molecule has 0 heterocycles. The van der Waals surface area contributed by atoms with E-state index in [2.05, 4.69) is 11.4 Å². The molecule has 0 aromatic carbocycles. The SMILES string of the molecule is CCCCCCCCCCCCCCCCCCCOP(=O)(O)O. The first-order valence-corrected chi connectivity index (χ1v) is 11.8. The highest BCUT2D eigenvalue weighted by Crippen LogP contribution is 2.35. The zero-order valence-electron chi connectivity index (χ0n) is 15.9. The van der Waals surface area contributed by atoms with E-state index in [1.807, 2.05) is 0 Å². The molecule has 0 spiro atoms. The Morgan fingerprint density at radius 2 is 0.875 bits per heavy atom. The highest BCUT2D eigenvalue weighted by Gasteiger charge is 2.12. The summed E-state index contributed by atoms with van der Waals surface area (Å²) < 4.78 is 14.9. The predicted octanol–water partition coefficient (Wildman–Crippen LogP) is 6.75. The van der Waals surface area contributed by atoms with Gasteiger partial charge in [0, 0.05) is 0 Å². The van der Waals surface area contributed by atoms with Crippen LogP contribution in [0, 0.1) is 0 Å². The monoisotopic (exact) mass is 364 g/mol. The lowest BCUT2D eigenvalue weighted by Crippen LogP contribution is -1.92. The molecule has 0 aliphatic carbocycles. The molecule has 146 valence electrons. The molecule has 0 aliphatic heterocycles. The first kappa shape index (κ1) is 24.1. The molecule has 0 aliphatic rings. The molecule has 0 fully saturated rings. The van der Waals surface area contributed by atoms with Gasteiger partial charge in [0.15, 0.2) is 0 Å². The van der Waals surface area contributed by atoms with Crippen LogP contribution >= 0.6 is 7.82 Å². The van der Waals surface area contributed by atoms with Crippen molar-refractivity contribution >= 4 is 7.82 Å². The molecule has 0 aromatic rings. The molecule has 0 amide bonds. The fourth-order valence-electron chi connectivity index (χ4n) is 3.01. The molecule has 24 heavy (non-hydrogen) atoms. The van der Waals surface area contributed by atoms with E-state index in [9.17, 15) is 4.57 Å². The van der Waals surface area contributed by atoms with Crippen LogP contribution in [0.4, 0.5) is 0 Å². The van der Waals surface area contributed by atoms with E-state index < -0.39 is 7.82 Å². The van der Waals surface area contributed by atoms with Crippen molar-refractivity contribution in [2.24, 2.45) is 0 Å². The Morgan fingerprint density at radius 3 is 1.17 bits per heavy atom. The van der Waals surface area contributed by atoms with Gasteiger partial charge in [0.2, 0.25) is 0 Å². The number of hydrogen-bond acceptors (Lipinski definition) is 2. The van der Waals surface area contributed by atoms with E-state index in [0.717, 1.165) is 19.3 Å². The van der Waals surface area contributed by atoms with Crippen LogP contribution in [0.3, 0.4) is 0 Å². The van der Waals surface area contributed by atoms with Crippen LogP contribution in [-0.4, -0.2) is 16.4 Å². The Labute approximate surface area is 150 Å². The number of hydrogen-bond donors (Lipinski definition) is 2. The van der Waals surface area contributed by atoms with Crippen molar-refractivity contribution in [3.63, 3.8) is 0 Å². The summed E-state index contributed by atoms with van der Waals surface area (Å²) in [6.07, 6.45) is 22.1. The summed E-state index contributed by atoms with van der Waals surface area (Å²) in [4.78, 5) is 17.1. The van der Waals surface area contributed by atoms with Crippen LogP contribution in [-0.2, 0) is 9.09 Å². The lowest BCUT2D eigenvalue weighted by atomic mass is 10.0. The topological polar surface area (TPSA) is 66.8 Å². The maximum Gasteiger partial charge on any atom is 0.469 e. The van der Waals surface area contributed by atoms with Gasteiger partial charge in [-0.05, 0) is 6.42 Å². The summed E-state index contributed by atoms with van der Waals surface area (Å²) in [5.74, 6) is 0. The third-order valence-corrected chi connectivity index (χ3v) is 5.03. The highest BCUT2D eigenvalue weighted by atomic mass is 31.2. The molecule has 0 unspecified atom stereocenters. The number of unbranched alkanes of at least 4 members (excludes halogenated alkanes) is 16. The Bertz CT molecular complexity index is 291. The predicted molar refractivity (Wildman–Crippen MR) is 102 cm³/mol. The van der Waals surface area contributed by atoms with E-state index in [1.54, 1.807) is 0 Å². The van der Waals surface area contributed by atoms with Crippen LogP contribution in [0.5, 0.6) is 0 Å². The Balaban J connectivity index is 3.02. The maximum absolute atomic E-state index is 10.5. The molecule has 2 N–H and O–H groups in total. The molecule has 0 aromatic heterocycles. The Kier molecular flexibility index (Phi) is 18.0. The average molecular weight is 365 g/mol. The molecular formula is C19H41O4P. The van der Waals surface area contributed by atoms with Gasteiger partial charge in [0.05, 0.1) is 6.61 Å². The van der Waals surface area contributed by atoms with Gasteiger partial charge < -0.3 is 9.79 Å². The smallest absolute Gasteiger partial charge is 0.303 e. The lowest BCUT2D eigenvalue weighted by Gasteiger charge is -2.05. The van der Waals surface area contributed by atoms with Gasteiger partial charge in [-0.2, -0.15) is 0 Å². The van der Waals surface area contributed by atoms with Gasteiger partial charge in [-0.1, -0.05) is 110 Å². The van der Waals surface area contributed by atoms with Gasteiger partial charge in [0.1, 0.15) is 0 Å². The summed E-state index contributed by atoms with van der Waals surface area (Å²) >= 11 is 0. The molecule has 0 radical (unpaired) electrons. The van der Waals surface area contributed by atoms with Crippen molar-refractivity contribution in [2.75, 3.05) is 6.61 Å². The van der Waals surface area contributed by atoms with Gasteiger partial charge in [-0.3, -0.25) is 4.52 Å². The molecule has 5 heteroatoms. The first-order valence-electron chi connectivity index (χ1n) is 10.3. The molecule has 0 bridgehead atoms. The minimum absolute atomic E-state index is 0.170. The van der Waals surface area contributed by atoms with Crippen molar-refractivity contribution in [1.29, 1.82) is 0 Å². The molecule has 0 saturated carbocycles. The van der Waals surface area contributed by atoms with Crippen molar-refractivity contribution in [3.05, 3.63) is 0 Å². The second kappa shape index (κ2) is 17.9. The number of phosphoric ester groups is 1. The van der Waals surface area contributed by atoms with Crippen LogP contribution in [0.1, 0.15) is 116 Å². The molecule has 0 saturated heterocycles. The van der Waals surface area contributed by atoms with Crippen molar-refractivity contribution < 1.29 is 18.9 Å². The maximum atomic E-state index is 10.5. The van der Waals surface area contributed by atoms with Crippen molar-refractivity contribution in [3.8, 4) is 0 Å². The Hall–Kier alpha value is 0.110. The van der Waals surface area contributed by atoms with E-state index >= 15 is 0 Å². The minimum Gasteiger partial charge on any atom is -0.303 e. The normalized spacial score (nSPS) is 12.0. The van der Waals surface area contributed by atoms with Crippen LogP contribution in [0.25, 0.3) is 0 Å². The Morgan fingerprint density at radius 1 is 0.583 bits per heavy atom. The molecule has 0 rings (SSSR count). The van der Waals surface area contributed by atoms with E-state index in [4.69, 9.17) is 9.79 Å². The van der Waals surface area contributed by atoms with Gasteiger partial charge in [-0.25, -0.2) is 4.57 Å². The van der Waals surface area contributed by atoms with Crippen molar-refractivity contribution in [1.82, 2.24) is 0 Å². The van der Waals surface area contributed by atoms with Gasteiger partial charge in [-0.15, -0.1) is 0 Å². The van der Waals surface area contributed by atoms with Crippen molar-refractivity contribution in [2.45, 2.75) is 116 Å². The van der Waals surface area contributed by atoms with Crippen LogP contribution in [0.15, 0.2) is 0 Å². The third kappa shape index (κ3) is 22.1. The zero-order chi connectivity index (χ0) is 17.9. The minimum atomic E-state index is -4.26. The van der Waals surface area contributed by atoms with E-state index in [1.165, 1.54) is 89.9 Å². The third-order valence-electron chi connectivity index (χ3n) is 4.51. The summed E-state index contributed by atoms with van der Waals surface area (Å²) in [6, 6.07) is 0. The highest BCUT2D eigenvalue weighted by molar-refractivity contribution is 7.46. The second-order valence-corrected chi connectivity index (χ2v) is 8.22. The van der Waals surface area contributed by atoms with Crippen LogP contribution in [0.2, 0.25) is 0 Å². The molecular weight excluding hydrogens is 323 g/mol. The average Bonchev–Trinajstić information content (AvgIpc) is 2.52. The van der Waals surface area contributed by atoms with Gasteiger partial charge >= 0.3 is 7.82 Å². The van der Waals surface area contributed by atoms with Gasteiger partial charge in [0.25, 0.3) is 0 Å². The van der Waals surface area contributed by atoms with E-state index in [0.29, 0.717) is 0 Å².